The Bertz CT molecular complexity index is 986. The number of nitrogens with zero attached hydrogens (tertiary/aromatic N) is 2. The molecule has 0 aliphatic heterocycles. The molecule has 0 aliphatic carbocycles. The van der Waals surface area contributed by atoms with Crippen molar-refractivity contribution >= 4 is 17.6 Å². The van der Waals surface area contributed by atoms with E-state index in [0.717, 1.165) is 5.56 Å². The van der Waals surface area contributed by atoms with Crippen molar-refractivity contribution in [2.75, 3.05) is 0 Å². The predicted molar refractivity (Wildman–Crippen MR) is 89.6 cm³/mol. The molecule has 0 aliphatic rings. The van der Waals surface area contributed by atoms with Crippen LogP contribution in [0.15, 0.2) is 54.9 Å². The van der Waals surface area contributed by atoms with E-state index in [-0.39, 0.29) is 11.3 Å². The zero-order valence-electron chi connectivity index (χ0n) is 12.3. The zero-order chi connectivity index (χ0) is 17.3. The minimum atomic E-state index is -1.21. The molecule has 0 saturated heterocycles. The van der Waals surface area contributed by atoms with E-state index in [4.69, 9.17) is 16.7 Å². The van der Waals surface area contributed by atoms with E-state index in [2.05, 4.69) is 6.07 Å². The molecule has 118 valence electrons. The molecule has 1 aromatic heterocycles. The van der Waals surface area contributed by atoms with E-state index in [0.29, 0.717) is 21.8 Å². The highest BCUT2D eigenvalue weighted by atomic mass is 35.5. The molecule has 3 aromatic rings. The minimum absolute atomic E-state index is 0.183. The van der Waals surface area contributed by atoms with Gasteiger partial charge in [-0.25, -0.2) is 4.79 Å². The number of nitriles is 1. The Morgan fingerprint density at radius 3 is 2.50 bits per heavy atom. The van der Waals surface area contributed by atoms with Gasteiger partial charge in [0.25, 0.3) is 0 Å². The molecular formula is C18H11ClN2O3. The Morgan fingerprint density at radius 2 is 1.88 bits per heavy atom. The highest BCUT2D eigenvalue weighted by Gasteiger charge is 2.14. The lowest BCUT2D eigenvalue weighted by Gasteiger charge is -2.06. The molecular weight excluding hydrogens is 328 g/mol. The Morgan fingerprint density at radius 1 is 1.12 bits per heavy atom. The summed E-state index contributed by atoms with van der Waals surface area (Å²) in [7, 11) is 0. The van der Waals surface area contributed by atoms with Crippen LogP contribution >= 0.6 is 11.6 Å². The molecule has 0 radical (unpaired) electrons. The number of aromatic carboxylic acids is 1. The molecule has 5 nitrogen and oxygen atoms in total. The lowest BCUT2D eigenvalue weighted by Crippen LogP contribution is -1.98. The van der Waals surface area contributed by atoms with Crippen molar-refractivity contribution in [2.24, 2.45) is 0 Å². The number of rotatable bonds is 3. The number of halogens is 1. The SMILES string of the molecule is N#Cc1cn(-c2ccc(C(=O)O)c(O)c2)cc1-c1ccccc1Cl. The molecule has 1 heterocycles. The first-order valence-electron chi connectivity index (χ1n) is 6.95. The van der Waals surface area contributed by atoms with Crippen molar-refractivity contribution in [2.45, 2.75) is 0 Å². The summed E-state index contributed by atoms with van der Waals surface area (Å²) >= 11 is 6.20. The van der Waals surface area contributed by atoms with Crippen LogP contribution in [0.2, 0.25) is 5.02 Å². The van der Waals surface area contributed by atoms with E-state index in [1.807, 2.05) is 12.1 Å². The Balaban J connectivity index is 2.12. The number of carboxylic acid groups (broad SMARTS) is 1. The fourth-order valence-electron chi connectivity index (χ4n) is 2.45. The second kappa shape index (κ2) is 6.11. The Kier molecular flexibility index (Phi) is 3.98. The first-order valence-corrected chi connectivity index (χ1v) is 7.32. The van der Waals surface area contributed by atoms with Gasteiger partial charge in [0.15, 0.2) is 0 Å². The summed E-state index contributed by atoms with van der Waals surface area (Å²) in [5.74, 6) is -1.55. The zero-order valence-corrected chi connectivity index (χ0v) is 13.0. The second-order valence-corrected chi connectivity index (χ2v) is 5.50. The number of hydrogen-bond acceptors (Lipinski definition) is 3. The van der Waals surface area contributed by atoms with E-state index >= 15 is 0 Å². The van der Waals surface area contributed by atoms with Crippen molar-refractivity contribution in [3.8, 4) is 28.6 Å². The summed E-state index contributed by atoms with van der Waals surface area (Å²) in [6.07, 6.45) is 3.32. The molecule has 2 N–H and O–H groups in total. The number of carboxylic acids is 1. The van der Waals surface area contributed by atoms with E-state index < -0.39 is 5.97 Å². The van der Waals surface area contributed by atoms with Gasteiger partial charge in [0.2, 0.25) is 0 Å². The Labute approximate surface area is 142 Å². The summed E-state index contributed by atoms with van der Waals surface area (Å²) in [6.45, 7) is 0. The number of aromatic nitrogens is 1. The standard InChI is InChI=1S/C18H11ClN2O3/c19-16-4-2-1-3-13(16)15-10-21(9-11(15)8-20)12-5-6-14(18(23)24)17(22)7-12/h1-7,9-10,22H,(H,23,24). The van der Waals surface area contributed by atoms with Crippen LogP contribution in [0.4, 0.5) is 0 Å². The molecule has 0 bridgehead atoms. The van der Waals surface area contributed by atoms with Crippen LogP contribution in [0.5, 0.6) is 5.75 Å². The van der Waals surface area contributed by atoms with Gasteiger partial charge in [0, 0.05) is 40.3 Å². The highest BCUT2D eigenvalue weighted by Crippen LogP contribution is 2.32. The topological polar surface area (TPSA) is 86.2 Å². The molecule has 3 rings (SSSR count). The van der Waals surface area contributed by atoms with Gasteiger partial charge < -0.3 is 14.8 Å². The van der Waals surface area contributed by atoms with Crippen LogP contribution in [-0.2, 0) is 0 Å². The Hall–Kier alpha value is -3.23. The third-order valence-electron chi connectivity index (χ3n) is 3.62. The van der Waals surface area contributed by atoms with Crippen LogP contribution in [0.25, 0.3) is 16.8 Å². The smallest absolute Gasteiger partial charge is 0.339 e. The minimum Gasteiger partial charge on any atom is -0.507 e. The first-order chi connectivity index (χ1) is 11.5. The van der Waals surface area contributed by atoms with Gasteiger partial charge >= 0.3 is 5.97 Å². The van der Waals surface area contributed by atoms with Crippen molar-refractivity contribution in [1.82, 2.24) is 4.57 Å². The molecule has 2 aromatic carbocycles. The molecule has 24 heavy (non-hydrogen) atoms. The fourth-order valence-corrected chi connectivity index (χ4v) is 2.69. The predicted octanol–water partition coefficient (Wildman–Crippen LogP) is 4.07. The normalized spacial score (nSPS) is 10.3. The number of phenols is 1. The van der Waals surface area contributed by atoms with Gasteiger partial charge in [-0.05, 0) is 18.2 Å². The summed E-state index contributed by atoms with van der Waals surface area (Å²) < 4.78 is 1.64. The maximum absolute atomic E-state index is 11.0. The van der Waals surface area contributed by atoms with Crippen LogP contribution in [-0.4, -0.2) is 20.7 Å². The van der Waals surface area contributed by atoms with Gasteiger partial charge in [-0.15, -0.1) is 0 Å². The molecule has 0 unspecified atom stereocenters. The molecule has 0 amide bonds. The number of hydrogen-bond donors (Lipinski definition) is 2. The lowest BCUT2D eigenvalue weighted by molar-refractivity contribution is 0.0694. The van der Waals surface area contributed by atoms with Crippen LogP contribution in [0.1, 0.15) is 15.9 Å². The molecule has 0 saturated carbocycles. The quantitative estimate of drug-likeness (QED) is 0.753. The monoisotopic (exact) mass is 338 g/mol. The third kappa shape index (κ3) is 2.71. The van der Waals surface area contributed by atoms with Crippen LogP contribution in [0.3, 0.4) is 0 Å². The van der Waals surface area contributed by atoms with Gasteiger partial charge in [0.05, 0.1) is 5.56 Å². The van der Waals surface area contributed by atoms with Gasteiger partial charge in [-0.3, -0.25) is 0 Å². The number of carbonyl (C=O) groups is 1. The van der Waals surface area contributed by atoms with E-state index in [1.165, 1.54) is 12.1 Å². The number of aromatic hydroxyl groups is 1. The molecule has 0 atom stereocenters. The van der Waals surface area contributed by atoms with Gasteiger partial charge in [0.1, 0.15) is 17.4 Å². The summed E-state index contributed by atoms with van der Waals surface area (Å²) in [4.78, 5) is 11.0. The molecule has 0 fully saturated rings. The van der Waals surface area contributed by atoms with Crippen molar-refractivity contribution in [3.05, 3.63) is 71.0 Å². The maximum atomic E-state index is 11.0. The number of benzene rings is 2. The first kappa shape index (κ1) is 15.7. The van der Waals surface area contributed by atoms with Gasteiger partial charge in [-0.1, -0.05) is 29.8 Å². The largest absolute Gasteiger partial charge is 0.507 e. The maximum Gasteiger partial charge on any atom is 0.339 e. The molecule has 6 heteroatoms. The van der Waals surface area contributed by atoms with E-state index in [1.54, 1.807) is 35.2 Å². The second-order valence-electron chi connectivity index (χ2n) is 5.09. The summed E-state index contributed by atoms with van der Waals surface area (Å²) in [6, 6.07) is 13.5. The van der Waals surface area contributed by atoms with Crippen molar-refractivity contribution in [1.29, 1.82) is 5.26 Å². The summed E-state index contributed by atoms with van der Waals surface area (Å²) in [5.41, 5.74) is 2.15. The van der Waals surface area contributed by atoms with Crippen molar-refractivity contribution < 1.29 is 15.0 Å². The third-order valence-corrected chi connectivity index (χ3v) is 3.95. The van der Waals surface area contributed by atoms with Crippen LogP contribution < -0.4 is 0 Å². The fraction of sp³-hybridized carbons (Fsp3) is 0. The lowest BCUT2D eigenvalue weighted by atomic mass is 10.1. The van der Waals surface area contributed by atoms with Crippen LogP contribution in [0, 0.1) is 11.3 Å². The van der Waals surface area contributed by atoms with Gasteiger partial charge in [-0.2, -0.15) is 5.26 Å². The average molecular weight is 339 g/mol. The highest BCUT2D eigenvalue weighted by molar-refractivity contribution is 6.33. The van der Waals surface area contributed by atoms with Crippen molar-refractivity contribution in [3.63, 3.8) is 0 Å². The van der Waals surface area contributed by atoms with E-state index in [9.17, 15) is 15.2 Å². The molecule has 0 spiro atoms. The average Bonchev–Trinajstić information content (AvgIpc) is 2.99. The summed E-state index contributed by atoms with van der Waals surface area (Å²) in [5, 5.41) is 28.7.